The van der Waals surface area contributed by atoms with Gasteiger partial charge in [-0.3, -0.25) is 9.59 Å². The van der Waals surface area contributed by atoms with E-state index in [9.17, 15) is 9.59 Å². The molecule has 0 N–H and O–H groups in total. The number of nitrogens with zero attached hydrogens (tertiary/aromatic N) is 1. The van der Waals surface area contributed by atoms with Crippen molar-refractivity contribution in [3.8, 4) is 0 Å². The number of aldehydes is 1. The molecule has 0 heterocycles. The number of carbonyl (C=O) groups excluding carboxylic acids is 2. The zero-order valence-corrected chi connectivity index (χ0v) is 7.17. The van der Waals surface area contributed by atoms with Crippen molar-refractivity contribution < 1.29 is 9.59 Å². The van der Waals surface area contributed by atoms with Crippen LogP contribution in [-0.2, 0) is 9.59 Å². The lowest BCUT2D eigenvalue weighted by Gasteiger charge is -2.16. The molecule has 0 spiro atoms. The quantitative estimate of drug-likeness (QED) is 0.438. The topological polar surface area (TPSA) is 37.4 Å². The van der Waals surface area contributed by atoms with E-state index in [1.54, 1.807) is 4.90 Å². The van der Waals surface area contributed by atoms with Crippen LogP contribution in [0.15, 0.2) is 0 Å². The molecule has 11 heavy (non-hydrogen) atoms. The SMILES string of the molecule is CCCCN(CC)C(=O)C=O. The van der Waals surface area contributed by atoms with Crippen LogP contribution in [0.1, 0.15) is 26.7 Å². The van der Waals surface area contributed by atoms with Crippen LogP contribution in [0, 0.1) is 0 Å². The standard InChI is InChI=1S/C8H15NO2/c1-3-5-6-9(4-2)8(11)7-10/h7H,3-6H2,1-2H3. The van der Waals surface area contributed by atoms with Gasteiger partial charge in [0, 0.05) is 13.1 Å². The van der Waals surface area contributed by atoms with Crippen LogP contribution in [0.25, 0.3) is 0 Å². The molecule has 3 nitrogen and oxygen atoms in total. The Bertz CT molecular complexity index is 134. The van der Waals surface area contributed by atoms with Crippen molar-refractivity contribution in [1.82, 2.24) is 4.90 Å². The third-order valence-corrected chi connectivity index (χ3v) is 1.58. The Morgan fingerprint density at radius 3 is 2.45 bits per heavy atom. The average Bonchev–Trinajstić information content (AvgIpc) is 2.05. The molecule has 0 saturated carbocycles. The number of hydrogen-bond donors (Lipinski definition) is 0. The molecule has 0 fully saturated rings. The third kappa shape index (κ3) is 3.75. The molecule has 0 aliphatic heterocycles. The highest BCUT2D eigenvalue weighted by Crippen LogP contribution is 1.93. The summed E-state index contributed by atoms with van der Waals surface area (Å²) in [5.41, 5.74) is 0. The van der Waals surface area contributed by atoms with E-state index in [4.69, 9.17) is 0 Å². The van der Waals surface area contributed by atoms with E-state index in [-0.39, 0.29) is 0 Å². The molecule has 64 valence electrons. The molecule has 0 radical (unpaired) electrons. The first-order chi connectivity index (χ1) is 5.26. The summed E-state index contributed by atoms with van der Waals surface area (Å²) in [5.74, 6) is -0.402. The molecule has 1 amide bonds. The minimum absolute atomic E-state index is 0.374. The molecule has 3 heteroatoms. The monoisotopic (exact) mass is 157 g/mol. The molecular formula is C8H15NO2. The van der Waals surface area contributed by atoms with Crippen LogP contribution in [0.3, 0.4) is 0 Å². The van der Waals surface area contributed by atoms with Gasteiger partial charge in [-0.2, -0.15) is 0 Å². The summed E-state index contributed by atoms with van der Waals surface area (Å²) >= 11 is 0. The van der Waals surface area contributed by atoms with E-state index in [0.717, 1.165) is 12.8 Å². The second-order valence-corrected chi connectivity index (χ2v) is 2.39. The van der Waals surface area contributed by atoms with Gasteiger partial charge in [0.15, 0.2) is 0 Å². The Morgan fingerprint density at radius 1 is 1.45 bits per heavy atom. The van der Waals surface area contributed by atoms with Gasteiger partial charge in [-0.1, -0.05) is 13.3 Å². The zero-order chi connectivity index (χ0) is 8.69. The van der Waals surface area contributed by atoms with Crippen LogP contribution in [-0.4, -0.2) is 30.2 Å². The summed E-state index contributed by atoms with van der Waals surface area (Å²) in [5, 5.41) is 0. The zero-order valence-electron chi connectivity index (χ0n) is 7.17. The minimum atomic E-state index is -0.402. The van der Waals surface area contributed by atoms with Crippen molar-refractivity contribution in [2.24, 2.45) is 0 Å². The number of amides is 1. The molecule has 0 bridgehead atoms. The summed E-state index contributed by atoms with van der Waals surface area (Å²) in [6.07, 6.45) is 2.38. The largest absolute Gasteiger partial charge is 0.337 e. The lowest BCUT2D eigenvalue weighted by molar-refractivity contribution is -0.138. The van der Waals surface area contributed by atoms with Crippen LogP contribution in [0.5, 0.6) is 0 Å². The van der Waals surface area contributed by atoms with Gasteiger partial charge in [0.1, 0.15) is 0 Å². The van der Waals surface area contributed by atoms with Crippen LogP contribution in [0.2, 0.25) is 0 Å². The summed E-state index contributed by atoms with van der Waals surface area (Å²) in [6.45, 7) is 5.25. The fourth-order valence-electron chi connectivity index (χ4n) is 0.848. The number of hydrogen-bond acceptors (Lipinski definition) is 2. The van der Waals surface area contributed by atoms with E-state index in [1.807, 2.05) is 6.92 Å². The molecular weight excluding hydrogens is 142 g/mol. The highest BCUT2D eigenvalue weighted by atomic mass is 16.2. The second kappa shape index (κ2) is 5.89. The highest BCUT2D eigenvalue weighted by Gasteiger charge is 2.07. The maximum Gasteiger partial charge on any atom is 0.286 e. The Labute approximate surface area is 67.4 Å². The lowest BCUT2D eigenvalue weighted by Crippen LogP contribution is -2.32. The third-order valence-electron chi connectivity index (χ3n) is 1.58. The molecule has 0 aliphatic carbocycles. The van der Waals surface area contributed by atoms with Crippen LogP contribution < -0.4 is 0 Å². The number of rotatable bonds is 5. The fraction of sp³-hybridized carbons (Fsp3) is 0.750. The number of unbranched alkanes of at least 4 members (excludes halogenated alkanes) is 1. The van der Waals surface area contributed by atoms with E-state index in [1.165, 1.54) is 0 Å². The maximum atomic E-state index is 10.8. The molecule has 0 unspecified atom stereocenters. The normalized spacial score (nSPS) is 9.27. The van der Waals surface area contributed by atoms with E-state index in [2.05, 4.69) is 6.92 Å². The van der Waals surface area contributed by atoms with Crippen molar-refractivity contribution in [3.05, 3.63) is 0 Å². The Kier molecular flexibility index (Phi) is 5.43. The maximum absolute atomic E-state index is 10.8. The van der Waals surface area contributed by atoms with E-state index in [0.29, 0.717) is 19.4 Å². The first-order valence-electron chi connectivity index (χ1n) is 4.00. The van der Waals surface area contributed by atoms with Crippen molar-refractivity contribution in [2.45, 2.75) is 26.7 Å². The molecule has 0 aromatic heterocycles. The van der Waals surface area contributed by atoms with Gasteiger partial charge in [-0.05, 0) is 13.3 Å². The second-order valence-electron chi connectivity index (χ2n) is 2.39. The van der Waals surface area contributed by atoms with Crippen molar-refractivity contribution in [3.63, 3.8) is 0 Å². The fourth-order valence-corrected chi connectivity index (χ4v) is 0.848. The number of likely N-dealkylation sites (N-methyl/N-ethyl adjacent to an activating group) is 1. The number of carbonyl (C=O) groups is 2. The first kappa shape index (κ1) is 10.1. The summed E-state index contributed by atoms with van der Waals surface area (Å²) < 4.78 is 0. The smallest absolute Gasteiger partial charge is 0.286 e. The average molecular weight is 157 g/mol. The Morgan fingerprint density at radius 2 is 2.09 bits per heavy atom. The van der Waals surface area contributed by atoms with Gasteiger partial charge < -0.3 is 4.90 Å². The molecule has 0 saturated heterocycles. The summed E-state index contributed by atoms with van der Waals surface area (Å²) in [4.78, 5) is 22.4. The summed E-state index contributed by atoms with van der Waals surface area (Å²) in [6, 6.07) is 0. The van der Waals surface area contributed by atoms with Crippen LogP contribution in [0.4, 0.5) is 0 Å². The molecule has 0 aliphatic rings. The first-order valence-corrected chi connectivity index (χ1v) is 4.00. The highest BCUT2D eigenvalue weighted by molar-refractivity contribution is 6.23. The summed E-state index contributed by atoms with van der Waals surface area (Å²) in [7, 11) is 0. The van der Waals surface area contributed by atoms with Gasteiger partial charge in [-0.15, -0.1) is 0 Å². The van der Waals surface area contributed by atoms with Crippen molar-refractivity contribution in [2.75, 3.05) is 13.1 Å². The van der Waals surface area contributed by atoms with Gasteiger partial charge in [0.2, 0.25) is 6.29 Å². The predicted molar refractivity (Wildman–Crippen MR) is 43.2 cm³/mol. The lowest BCUT2D eigenvalue weighted by atomic mass is 10.3. The van der Waals surface area contributed by atoms with Gasteiger partial charge in [-0.25, -0.2) is 0 Å². The van der Waals surface area contributed by atoms with Crippen molar-refractivity contribution >= 4 is 12.2 Å². The molecule has 0 atom stereocenters. The Balaban J connectivity index is 3.74. The Hall–Kier alpha value is -0.860. The van der Waals surface area contributed by atoms with E-state index < -0.39 is 5.91 Å². The molecule has 0 rings (SSSR count). The predicted octanol–water partition coefficient (Wildman–Crippen LogP) is 0.834. The van der Waals surface area contributed by atoms with Gasteiger partial charge >= 0.3 is 0 Å². The van der Waals surface area contributed by atoms with Crippen molar-refractivity contribution in [1.29, 1.82) is 0 Å². The van der Waals surface area contributed by atoms with E-state index >= 15 is 0 Å². The molecule has 0 aromatic rings. The van der Waals surface area contributed by atoms with Crippen LogP contribution >= 0.6 is 0 Å². The molecule has 0 aromatic carbocycles. The van der Waals surface area contributed by atoms with Gasteiger partial charge in [0.25, 0.3) is 5.91 Å². The van der Waals surface area contributed by atoms with Gasteiger partial charge in [0.05, 0.1) is 0 Å². The minimum Gasteiger partial charge on any atom is -0.337 e.